The van der Waals surface area contributed by atoms with Crippen molar-refractivity contribution in [1.29, 1.82) is 0 Å². The molecule has 0 unspecified atom stereocenters. The van der Waals surface area contributed by atoms with Gasteiger partial charge in [-0.3, -0.25) is 0 Å². The van der Waals surface area contributed by atoms with Gasteiger partial charge in [-0.2, -0.15) is 0 Å². The molecule has 19 heavy (non-hydrogen) atoms. The normalized spacial score (nSPS) is 14.8. The fraction of sp³-hybridized carbons (Fsp3) is 0.385. The van der Waals surface area contributed by atoms with Crippen LogP contribution in [0.25, 0.3) is 11.0 Å². The summed E-state index contributed by atoms with van der Waals surface area (Å²) in [7, 11) is 0. The zero-order valence-electron chi connectivity index (χ0n) is 10.1. The molecule has 1 N–H and O–H groups in total. The SMILES string of the molecule is O=C(O)COc1ccc2c(CC3CC3)noc2c1Cl. The number of carboxylic acid groups (broad SMARTS) is 1. The Hall–Kier alpha value is -1.75. The molecule has 100 valence electrons. The van der Waals surface area contributed by atoms with Crippen LogP contribution < -0.4 is 4.74 Å². The molecule has 0 saturated heterocycles. The first-order chi connectivity index (χ1) is 9.15. The highest BCUT2D eigenvalue weighted by atomic mass is 35.5. The summed E-state index contributed by atoms with van der Waals surface area (Å²) in [5.41, 5.74) is 1.37. The molecule has 0 radical (unpaired) electrons. The maximum atomic E-state index is 10.5. The van der Waals surface area contributed by atoms with Gasteiger partial charge in [-0.05, 0) is 37.3 Å². The van der Waals surface area contributed by atoms with E-state index in [4.69, 9.17) is 26.0 Å². The number of fused-ring (bicyclic) bond motifs is 1. The quantitative estimate of drug-likeness (QED) is 0.912. The number of carboxylic acids is 1. The minimum Gasteiger partial charge on any atom is -0.480 e. The van der Waals surface area contributed by atoms with Gasteiger partial charge in [-0.1, -0.05) is 16.8 Å². The summed E-state index contributed by atoms with van der Waals surface area (Å²) >= 11 is 6.14. The number of aromatic nitrogens is 1. The average molecular weight is 282 g/mol. The molecule has 1 aromatic heterocycles. The van der Waals surface area contributed by atoms with Crippen LogP contribution in [0.15, 0.2) is 16.7 Å². The van der Waals surface area contributed by atoms with Crippen LogP contribution in [0.2, 0.25) is 5.02 Å². The molecular weight excluding hydrogens is 270 g/mol. The smallest absolute Gasteiger partial charge is 0.341 e. The second kappa shape index (κ2) is 4.74. The third-order valence-electron chi connectivity index (χ3n) is 3.15. The van der Waals surface area contributed by atoms with Crippen molar-refractivity contribution in [1.82, 2.24) is 5.16 Å². The highest BCUT2D eigenvalue weighted by molar-refractivity contribution is 6.36. The second-order valence-electron chi connectivity index (χ2n) is 4.71. The van der Waals surface area contributed by atoms with E-state index < -0.39 is 12.6 Å². The Balaban J connectivity index is 1.90. The molecule has 2 aromatic rings. The molecule has 0 amide bonds. The summed E-state index contributed by atoms with van der Waals surface area (Å²) in [5, 5.41) is 13.8. The van der Waals surface area contributed by atoms with Crippen molar-refractivity contribution in [3.05, 3.63) is 22.8 Å². The zero-order chi connectivity index (χ0) is 13.4. The Morgan fingerprint density at radius 3 is 3.00 bits per heavy atom. The molecule has 1 saturated carbocycles. The monoisotopic (exact) mass is 281 g/mol. The molecule has 1 fully saturated rings. The number of hydrogen-bond acceptors (Lipinski definition) is 4. The maximum Gasteiger partial charge on any atom is 0.341 e. The summed E-state index contributed by atoms with van der Waals surface area (Å²) in [6.45, 7) is -0.436. The predicted octanol–water partition coefficient (Wildman–Crippen LogP) is 2.90. The number of carbonyl (C=O) groups is 1. The molecule has 0 spiro atoms. The van der Waals surface area contributed by atoms with E-state index in [1.54, 1.807) is 6.07 Å². The van der Waals surface area contributed by atoms with Crippen LogP contribution in [0, 0.1) is 5.92 Å². The first-order valence-electron chi connectivity index (χ1n) is 6.06. The van der Waals surface area contributed by atoms with E-state index in [1.165, 1.54) is 12.8 Å². The highest BCUT2D eigenvalue weighted by Gasteiger charge is 2.25. The number of hydrogen-bond donors (Lipinski definition) is 1. The van der Waals surface area contributed by atoms with E-state index in [-0.39, 0.29) is 5.02 Å². The number of rotatable bonds is 5. The van der Waals surface area contributed by atoms with Crippen LogP contribution >= 0.6 is 11.6 Å². The van der Waals surface area contributed by atoms with Gasteiger partial charge < -0.3 is 14.4 Å². The van der Waals surface area contributed by atoms with E-state index >= 15 is 0 Å². The Morgan fingerprint density at radius 1 is 1.53 bits per heavy atom. The van der Waals surface area contributed by atoms with E-state index in [9.17, 15) is 4.79 Å². The number of nitrogens with zero attached hydrogens (tertiary/aromatic N) is 1. The topological polar surface area (TPSA) is 72.6 Å². The fourth-order valence-corrected chi connectivity index (χ4v) is 2.25. The largest absolute Gasteiger partial charge is 0.480 e. The zero-order valence-corrected chi connectivity index (χ0v) is 10.8. The molecule has 1 aliphatic carbocycles. The van der Waals surface area contributed by atoms with Gasteiger partial charge in [0.05, 0.1) is 5.69 Å². The van der Waals surface area contributed by atoms with Gasteiger partial charge in [-0.25, -0.2) is 4.79 Å². The number of aliphatic carboxylic acids is 1. The van der Waals surface area contributed by atoms with Crippen molar-refractivity contribution >= 4 is 28.5 Å². The minimum atomic E-state index is -1.05. The van der Waals surface area contributed by atoms with Gasteiger partial charge in [0.1, 0.15) is 10.8 Å². The second-order valence-corrected chi connectivity index (χ2v) is 5.09. The number of ether oxygens (including phenoxy) is 1. The van der Waals surface area contributed by atoms with Crippen molar-refractivity contribution in [2.75, 3.05) is 6.61 Å². The van der Waals surface area contributed by atoms with E-state index in [0.29, 0.717) is 17.3 Å². The van der Waals surface area contributed by atoms with Gasteiger partial charge in [0.25, 0.3) is 0 Å². The molecule has 1 aliphatic rings. The molecule has 3 rings (SSSR count). The lowest BCUT2D eigenvalue weighted by molar-refractivity contribution is -0.139. The predicted molar refractivity (Wildman–Crippen MR) is 68.6 cm³/mol. The molecule has 0 atom stereocenters. The molecule has 0 aliphatic heterocycles. The first-order valence-corrected chi connectivity index (χ1v) is 6.44. The third-order valence-corrected chi connectivity index (χ3v) is 3.51. The first kappa shape index (κ1) is 12.3. The van der Waals surface area contributed by atoms with Crippen LogP contribution in [-0.4, -0.2) is 22.8 Å². The van der Waals surface area contributed by atoms with Gasteiger partial charge in [0.15, 0.2) is 12.2 Å². The molecular formula is C13H12ClNO4. The van der Waals surface area contributed by atoms with Crippen molar-refractivity contribution in [2.45, 2.75) is 19.3 Å². The molecule has 1 heterocycles. The lowest BCUT2D eigenvalue weighted by Gasteiger charge is -2.05. The van der Waals surface area contributed by atoms with Gasteiger partial charge in [-0.15, -0.1) is 0 Å². The summed E-state index contributed by atoms with van der Waals surface area (Å²) < 4.78 is 10.3. The molecule has 1 aromatic carbocycles. The van der Waals surface area contributed by atoms with Crippen molar-refractivity contribution in [3.8, 4) is 5.75 Å². The molecule has 0 bridgehead atoms. The van der Waals surface area contributed by atoms with Gasteiger partial charge in [0, 0.05) is 5.39 Å². The van der Waals surface area contributed by atoms with Crippen LogP contribution in [0.1, 0.15) is 18.5 Å². The molecule has 6 heteroatoms. The van der Waals surface area contributed by atoms with Crippen LogP contribution in [0.3, 0.4) is 0 Å². The number of benzene rings is 1. The van der Waals surface area contributed by atoms with Crippen LogP contribution in [-0.2, 0) is 11.2 Å². The van der Waals surface area contributed by atoms with Gasteiger partial charge in [0.2, 0.25) is 0 Å². The van der Waals surface area contributed by atoms with Crippen molar-refractivity contribution in [2.24, 2.45) is 5.92 Å². The fourth-order valence-electron chi connectivity index (χ4n) is 2.00. The third kappa shape index (κ3) is 2.51. The standard InChI is InChI=1S/C13H12ClNO4/c14-12-10(18-6-11(16)17)4-3-8-9(5-7-1-2-7)15-19-13(8)12/h3-4,7H,1-2,5-6H2,(H,16,17). The minimum absolute atomic E-state index is 0.272. The van der Waals surface area contributed by atoms with E-state index in [0.717, 1.165) is 17.5 Å². The summed E-state index contributed by atoms with van der Waals surface area (Å²) in [6.07, 6.45) is 3.38. The Labute approximate surface area is 114 Å². The van der Waals surface area contributed by atoms with E-state index in [2.05, 4.69) is 5.16 Å². The maximum absolute atomic E-state index is 10.5. The summed E-state index contributed by atoms with van der Waals surface area (Å²) in [6, 6.07) is 3.47. The van der Waals surface area contributed by atoms with Crippen molar-refractivity contribution < 1.29 is 19.2 Å². The Kier molecular flexibility index (Phi) is 3.06. The van der Waals surface area contributed by atoms with Crippen LogP contribution in [0.5, 0.6) is 5.75 Å². The average Bonchev–Trinajstić information content (AvgIpc) is 3.09. The summed E-state index contributed by atoms with van der Waals surface area (Å²) in [4.78, 5) is 10.5. The number of halogens is 1. The lowest BCUT2D eigenvalue weighted by atomic mass is 10.1. The molecule has 5 nitrogen and oxygen atoms in total. The van der Waals surface area contributed by atoms with Gasteiger partial charge >= 0.3 is 5.97 Å². The Bertz CT molecular complexity index is 633. The van der Waals surface area contributed by atoms with E-state index in [1.807, 2.05) is 6.07 Å². The lowest BCUT2D eigenvalue weighted by Crippen LogP contribution is -2.09. The Morgan fingerprint density at radius 2 is 2.32 bits per heavy atom. The van der Waals surface area contributed by atoms with Crippen LogP contribution in [0.4, 0.5) is 0 Å². The van der Waals surface area contributed by atoms with Crippen molar-refractivity contribution in [3.63, 3.8) is 0 Å². The highest BCUT2D eigenvalue weighted by Crippen LogP contribution is 2.38. The summed E-state index contributed by atoms with van der Waals surface area (Å²) in [5.74, 6) is -0.0520.